The number of rotatable bonds is 7. The van der Waals surface area contributed by atoms with Crippen molar-refractivity contribution < 1.29 is 4.79 Å². The molecule has 0 bridgehead atoms. The zero-order valence-corrected chi connectivity index (χ0v) is 16.1. The van der Waals surface area contributed by atoms with Crippen LogP contribution < -0.4 is 10.6 Å². The van der Waals surface area contributed by atoms with E-state index in [0.29, 0.717) is 18.9 Å². The first kappa shape index (κ1) is 19.1. The van der Waals surface area contributed by atoms with Crippen molar-refractivity contribution in [2.45, 2.75) is 64.2 Å². The molecule has 2 fully saturated rings. The molecule has 2 saturated heterocycles. The van der Waals surface area contributed by atoms with Gasteiger partial charge >= 0.3 is 0 Å². The predicted molar refractivity (Wildman–Crippen MR) is 104 cm³/mol. The van der Waals surface area contributed by atoms with Gasteiger partial charge in [0.2, 0.25) is 5.91 Å². The van der Waals surface area contributed by atoms with Gasteiger partial charge in [-0.15, -0.1) is 0 Å². The predicted octanol–water partition coefficient (Wildman–Crippen LogP) is 2.61. The number of aromatic nitrogens is 2. The number of nitrogens with zero attached hydrogens (tertiary/aromatic N) is 4. The van der Waals surface area contributed by atoms with E-state index in [1.54, 1.807) is 0 Å². The third-order valence-electron chi connectivity index (χ3n) is 5.56. The van der Waals surface area contributed by atoms with Gasteiger partial charge in [-0.1, -0.05) is 6.42 Å². The van der Waals surface area contributed by atoms with E-state index in [4.69, 9.17) is 10.7 Å². The van der Waals surface area contributed by atoms with Crippen LogP contribution in [-0.4, -0.2) is 53.5 Å². The van der Waals surface area contributed by atoms with Crippen molar-refractivity contribution in [1.82, 2.24) is 14.9 Å². The molecular formula is C20H33N5O. The van der Waals surface area contributed by atoms with Gasteiger partial charge in [-0.05, 0) is 52.0 Å². The van der Waals surface area contributed by atoms with E-state index < -0.39 is 0 Å². The molecule has 0 spiro atoms. The topological polar surface area (TPSA) is 75.3 Å². The van der Waals surface area contributed by atoms with Crippen molar-refractivity contribution in [3.63, 3.8) is 0 Å². The number of carbonyl (C=O) groups excluding carboxylic acids is 1. The minimum Gasteiger partial charge on any atom is -0.357 e. The lowest BCUT2D eigenvalue weighted by Crippen LogP contribution is -2.39. The molecular weight excluding hydrogens is 326 g/mol. The minimum atomic E-state index is 0.289. The molecule has 0 saturated carbocycles. The smallest absolute Gasteiger partial charge is 0.222 e. The second-order valence-corrected chi connectivity index (χ2v) is 7.67. The van der Waals surface area contributed by atoms with E-state index >= 15 is 0 Å². The normalized spacial score (nSPS) is 20.6. The molecule has 6 nitrogen and oxygen atoms in total. The summed E-state index contributed by atoms with van der Waals surface area (Å²) in [6.07, 6.45) is 8.30. The summed E-state index contributed by atoms with van der Waals surface area (Å²) in [4.78, 5) is 26.3. The summed E-state index contributed by atoms with van der Waals surface area (Å²) in [5, 5.41) is 0. The highest BCUT2D eigenvalue weighted by atomic mass is 16.2. The summed E-state index contributed by atoms with van der Waals surface area (Å²) in [7, 11) is 0. The zero-order valence-electron chi connectivity index (χ0n) is 16.1. The summed E-state index contributed by atoms with van der Waals surface area (Å²) >= 11 is 0. The first-order valence-electron chi connectivity index (χ1n) is 10.3. The molecule has 1 atom stereocenters. The summed E-state index contributed by atoms with van der Waals surface area (Å²) in [6, 6.07) is 2.16. The maximum atomic E-state index is 12.5. The maximum Gasteiger partial charge on any atom is 0.222 e. The quantitative estimate of drug-likeness (QED) is 0.758. The third-order valence-corrected chi connectivity index (χ3v) is 5.56. The fourth-order valence-corrected chi connectivity index (χ4v) is 4.09. The van der Waals surface area contributed by atoms with Crippen molar-refractivity contribution in [2.24, 2.45) is 5.73 Å². The van der Waals surface area contributed by atoms with Crippen molar-refractivity contribution in [2.75, 3.05) is 37.6 Å². The summed E-state index contributed by atoms with van der Waals surface area (Å²) in [5.74, 6) is 2.53. The number of anilines is 1. The molecule has 1 amide bonds. The second-order valence-electron chi connectivity index (χ2n) is 7.67. The lowest BCUT2D eigenvalue weighted by Gasteiger charge is -2.33. The van der Waals surface area contributed by atoms with Crippen LogP contribution in [0.2, 0.25) is 0 Å². The number of amides is 1. The number of piperidine rings is 1. The Kier molecular flexibility index (Phi) is 6.83. The van der Waals surface area contributed by atoms with E-state index in [9.17, 15) is 4.79 Å². The number of unbranched alkanes of at least 4 members (excludes halogenated alkanes) is 2. The van der Waals surface area contributed by atoms with Gasteiger partial charge in [-0.2, -0.15) is 0 Å². The highest BCUT2D eigenvalue weighted by Crippen LogP contribution is 2.29. The van der Waals surface area contributed by atoms with Gasteiger partial charge in [-0.25, -0.2) is 9.97 Å². The van der Waals surface area contributed by atoms with E-state index in [-0.39, 0.29) is 5.91 Å². The minimum absolute atomic E-state index is 0.289. The fraction of sp³-hybridized carbons (Fsp3) is 0.750. The Morgan fingerprint density at radius 3 is 2.73 bits per heavy atom. The molecule has 1 aromatic heterocycles. The van der Waals surface area contributed by atoms with Gasteiger partial charge in [0.1, 0.15) is 11.6 Å². The molecule has 26 heavy (non-hydrogen) atoms. The van der Waals surface area contributed by atoms with Crippen molar-refractivity contribution in [1.29, 1.82) is 0 Å². The Hall–Kier alpha value is -1.69. The average Bonchev–Trinajstić information content (AvgIpc) is 3.19. The monoisotopic (exact) mass is 359 g/mol. The Morgan fingerprint density at radius 1 is 1.15 bits per heavy atom. The van der Waals surface area contributed by atoms with E-state index in [2.05, 4.69) is 16.0 Å². The Bertz CT molecular complexity index is 600. The lowest BCUT2D eigenvalue weighted by atomic mass is 9.94. The van der Waals surface area contributed by atoms with Gasteiger partial charge in [0.15, 0.2) is 0 Å². The standard InChI is InChI=1S/C20H33N5O/c1-16-22-18(14-19(23-16)24-11-5-6-12-24)17-8-7-13-25(15-17)20(26)9-3-2-4-10-21/h14,17H,2-13,15,21H2,1H3/t17-/m0/s1. The van der Waals surface area contributed by atoms with E-state index in [1.807, 2.05) is 11.8 Å². The Morgan fingerprint density at radius 2 is 1.96 bits per heavy atom. The summed E-state index contributed by atoms with van der Waals surface area (Å²) < 4.78 is 0. The van der Waals surface area contributed by atoms with Gasteiger partial charge in [0.25, 0.3) is 0 Å². The maximum absolute atomic E-state index is 12.5. The average molecular weight is 360 g/mol. The van der Waals surface area contributed by atoms with Crippen LogP contribution in [0.1, 0.15) is 68.8 Å². The van der Waals surface area contributed by atoms with Crippen molar-refractivity contribution >= 4 is 11.7 Å². The molecule has 144 valence electrons. The van der Waals surface area contributed by atoms with Gasteiger partial charge in [-0.3, -0.25) is 4.79 Å². The Balaban J connectivity index is 1.62. The molecule has 2 aliphatic heterocycles. The van der Waals surface area contributed by atoms with Crippen molar-refractivity contribution in [3.8, 4) is 0 Å². The van der Waals surface area contributed by atoms with Gasteiger partial charge in [0, 0.05) is 44.6 Å². The number of nitrogens with two attached hydrogens (primary N) is 1. The molecule has 3 heterocycles. The first-order valence-corrected chi connectivity index (χ1v) is 10.3. The SMILES string of the molecule is Cc1nc([C@H]2CCCN(C(=O)CCCCCN)C2)cc(N2CCCC2)n1. The molecule has 0 aromatic carbocycles. The number of carbonyl (C=O) groups is 1. The molecule has 2 aliphatic rings. The van der Waals surface area contributed by atoms with Crippen LogP contribution in [0.5, 0.6) is 0 Å². The molecule has 1 aromatic rings. The molecule has 6 heteroatoms. The molecule has 2 N–H and O–H groups in total. The van der Waals surface area contributed by atoms with Crippen LogP contribution in [0, 0.1) is 6.92 Å². The van der Waals surface area contributed by atoms with Gasteiger partial charge < -0.3 is 15.5 Å². The first-order chi connectivity index (χ1) is 12.7. The molecule has 0 aliphatic carbocycles. The highest BCUT2D eigenvalue weighted by Gasteiger charge is 2.26. The second kappa shape index (κ2) is 9.31. The van der Waals surface area contributed by atoms with Crippen LogP contribution in [0.4, 0.5) is 5.82 Å². The molecule has 0 unspecified atom stereocenters. The van der Waals surface area contributed by atoms with E-state index in [0.717, 1.165) is 75.6 Å². The molecule has 0 radical (unpaired) electrons. The van der Waals surface area contributed by atoms with Crippen LogP contribution in [0.15, 0.2) is 6.07 Å². The highest BCUT2D eigenvalue weighted by molar-refractivity contribution is 5.76. The van der Waals surface area contributed by atoms with Crippen LogP contribution >= 0.6 is 0 Å². The lowest BCUT2D eigenvalue weighted by molar-refractivity contribution is -0.132. The Labute approximate surface area is 157 Å². The number of hydrogen-bond donors (Lipinski definition) is 1. The van der Waals surface area contributed by atoms with Crippen LogP contribution in [0.3, 0.4) is 0 Å². The van der Waals surface area contributed by atoms with Gasteiger partial charge in [0.05, 0.1) is 5.69 Å². The molecule has 3 rings (SSSR count). The van der Waals surface area contributed by atoms with Crippen molar-refractivity contribution in [3.05, 3.63) is 17.6 Å². The number of aryl methyl sites for hydroxylation is 1. The van der Waals surface area contributed by atoms with Crippen LogP contribution in [0.25, 0.3) is 0 Å². The number of hydrogen-bond acceptors (Lipinski definition) is 5. The fourth-order valence-electron chi connectivity index (χ4n) is 4.09. The summed E-state index contributed by atoms with van der Waals surface area (Å²) in [6.45, 7) is 6.56. The largest absolute Gasteiger partial charge is 0.357 e. The summed E-state index contributed by atoms with van der Waals surface area (Å²) in [5.41, 5.74) is 6.64. The number of likely N-dealkylation sites (tertiary alicyclic amines) is 1. The van der Waals surface area contributed by atoms with Crippen LogP contribution in [-0.2, 0) is 4.79 Å². The van der Waals surface area contributed by atoms with E-state index in [1.165, 1.54) is 12.8 Å². The third kappa shape index (κ3) is 4.93. The zero-order chi connectivity index (χ0) is 18.4.